The van der Waals surface area contributed by atoms with Crippen molar-refractivity contribution in [1.82, 2.24) is 16.0 Å². The van der Waals surface area contributed by atoms with Gasteiger partial charge in [0.1, 0.15) is 0 Å². The maximum Gasteiger partial charge on any atom is 0.223 e. The molecule has 0 radical (unpaired) electrons. The molecular formula is C7H18N8. The number of guanidine groups is 2. The van der Waals surface area contributed by atoms with Gasteiger partial charge in [-0.3, -0.25) is 5.32 Å². The van der Waals surface area contributed by atoms with Gasteiger partial charge in [-0.05, 0) is 0 Å². The Morgan fingerprint density at radius 3 is 2.80 bits per heavy atom. The van der Waals surface area contributed by atoms with Gasteiger partial charge in [-0.2, -0.15) is 4.99 Å². The summed E-state index contributed by atoms with van der Waals surface area (Å²) in [5.74, 6) is 0.797. The van der Waals surface area contributed by atoms with Crippen LogP contribution in [0.15, 0.2) is 9.98 Å². The van der Waals surface area contributed by atoms with Crippen LogP contribution < -0.4 is 33.2 Å². The largest absolute Gasteiger partial charge is 0.369 e. The van der Waals surface area contributed by atoms with Gasteiger partial charge in [0.15, 0.2) is 12.2 Å². The van der Waals surface area contributed by atoms with E-state index in [1.54, 1.807) is 0 Å². The van der Waals surface area contributed by atoms with Gasteiger partial charge in [0.2, 0.25) is 5.96 Å². The SMILES string of the molecule is NCCN=C1N=C(N)NC(NCCN)N1. The molecule has 1 aliphatic heterocycles. The van der Waals surface area contributed by atoms with Crippen molar-refractivity contribution in [3.05, 3.63) is 0 Å². The second-order valence-corrected chi connectivity index (χ2v) is 2.96. The topological polar surface area (TPSA) is 139 Å². The average Bonchev–Trinajstić information content (AvgIpc) is 2.23. The number of hydrogen-bond acceptors (Lipinski definition) is 6. The summed E-state index contributed by atoms with van der Waals surface area (Å²) in [6.07, 6.45) is -0.192. The second kappa shape index (κ2) is 6.17. The molecule has 9 N–H and O–H groups in total. The van der Waals surface area contributed by atoms with E-state index in [4.69, 9.17) is 17.2 Å². The van der Waals surface area contributed by atoms with Crippen LogP contribution in [-0.2, 0) is 0 Å². The first-order chi connectivity index (χ1) is 7.26. The molecule has 1 atom stereocenters. The highest BCUT2D eigenvalue weighted by Gasteiger charge is 2.15. The Morgan fingerprint density at radius 2 is 2.13 bits per heavy atom. The summed E-state index contributed by atoms with van der Waals surface area (Å²) >= 11 is 0. The Kier molecular flexibility index (Phi) is 4.81. The van der Waals surface area contributed by atoms with Crippen LogP contribution in [0.1, 0.15) is 0 Å². The lowest BCUT2D eigenvalue weighted by atomic mass is 10.5. The zero-order chi connectivity index (χ0) is 11.1. The number of rotatable bonds is 5. The van der Waals surface area contributed by atoms with E-state index in [1.807, 2.05) is 0 Å². The van der Waals surface area contributed by atoms with Crippen molar-refractivity contribution in [2.45, 2.75) is 6.29 Å². The van der Waals surface area contributed by atoms with Crippen LogP contribution in [0.2, 0.25) is 0 Å². The van der Waals surface area contributed by atoms with E-state index in [2.05, 4.69) is 25.9 Å². The Balaban J connectivity index is 2.50. The Labute approximate surface area is 88.4 Å². The van der Waals surface area contributed by atoms with Crippen molar-refractivity contribution in [2.24, 2.45) is 27.2 Å². The minimum absolute atomic E-state index is 0.192. The summed E-state index contributed by atoms with van der Waals surface area (Å²) in [4.78, 5) is 8.09. The molecule has 86 valence electrons. The number of nitrogens with two attached hydrogens (primary N) is 3. The molecular weight excluding hydrogens is 196 g/mol. The van der Waals surface area contributed by atoms with Crippen LogP contribution in [0.4, 0.5) is 0 Å². The predicted octanol–water partition coefficient (Wildman–Crippen LogP) is -3.36. The third-order valence-electron chi connectivity index (χ3n) is 1.68. The van der Waals surface area contributed by atoms with E-state index in [0.29, 0.717) is 38.1 Å². The van der Waals surface area contributed by atoms with Gasteiger partial charge < -0.3 is 27.8 Å². The average molecular weight is 214 g/mol. The minimum atomic E-state index is -0.192. The highest BCUT2D eigenvalue weighted by Crippen LogP contribution is 1.86. The van der Waals surface area contributed by atoms with E-state index in [1.165, 1.54) is 0 Å². The second-order valence-electron chi connectivity index (χ2n) is 2.96. The molecule has 0 fully saturated rings. The zero-order valence-corrected chi connectivity index (χ0v) is 8.53. The quantitative estimate of drug-likeness (QED) is 0.282. The summed E-state index contributed by atoms with van der Waals surface area (Å²) in [6.45, 7) is 2.21. The van der Waals surface area contributed by atoms with Gasteiger partial charge in [0.05, 0.1) is 6.54 Å². The van der Waals surface area contributed by atoms with Gasteiger partial charge >= 0.3 is 0 Å². The minimum Gasteiger partial charge on any atom is -0.369 e. The molecule has 0 aromatic rings. The van der Waals surface area contributed by atoms with Gasteiger partial charge in [0.25, 0.3) is 0 Å². The van der Waals surface area contributed by atoms with Crippen LogP contribution >= 0.6 is 0 Å². The standard InChI is InChI=1S/C7H18N8/c8-1-3-11-6-13-5(10)14-7(15-6)12-4-2-9/h6,11H,1-4,8-9H2,(H4,10,12,13,14,15). The van der Waals surface area contributed by atoms with Gasteiger partial charge in [-0.25, -0.2) is 4.99 Å². The predicted molar refractivity (Wildman–Crippen MR) is 60.1 cm³/mol. The molecule has 0 spiro atoms. The number of hydrogen-bond donors (Lipinski definition) is 6. The fourth-order valence-corrected chi connectivity index (χ4v) is 1.07. The molecule has 0 aliphatic carbocycles. The highest BCUT2D eigenvalue weighted by atomic mass is 15.4. The molecule has 0 saturated carbocycles. The van der Waals surface area contributed by atoms with Crippen molar-refractivity contribution in [2.75, 3.05) is 26.2 Å². The third-order valence-corrected chi connectivity index (χ3v) is 1.68. The lowest BCUT2D eigenvalue weighted by Gasteiger charge is -2.26. The zero-order valence-electron chi connectivity index (χ0n) is 8.53. The molecule has 0 bridgehead atoms. The van der Waals surface area contributed by atoms with Crippen LogP contribution in [0.25, 0.3) is 0 Å². The molecule has 1 rings (SSSR count). The number of nitrogens with one attached hydrogen (secondary N) is 3. The Hall–Kier alpha value is -1.38. The van der Waals surface area contributed by atoms with Crippen molar-refractivity contribution in [3.63, 3.8) is 0 Å². The van der Waals surface area contributed by atoms with Crippen molar-refractivity contribution < 1.29 is 0 Å². The van der Waals surface area contributed by atoms with E-state index >= 15 is 0 Å². The van der Waals surface area contributed by atoms with E-state index < -0.39 is 0 Å². The van der Waals surface area contributed by atoms with Gasteiger partial charge in [-0.15, -0.1) is 0 Å². The molecule has 0 aromatic carbocycles. The maximum absolute atomic E-state index is 5.57. The molecule has 0 aromatic heterocycles. The molecule has 1 aliphatic rings. The summed E-state index contributed by atoms with van der Waals surface area (Å²) < 4.78 is 0. The maximum atomic E-state index is 5.57. The fraction of sp³-hybridized carbons (Fsp3) is 0.714. The van der Waals surface area contributed by atoms with Crippen LogP contribution in [0, 0.1) is 0 Å². The molecule has 8 nitrogen and oxygen atoms in total. The highest BCUT2D eigenvalue weighted by molar-refractivity contribution is 5.96. The molecule has 0 saturated heterocycles. The number of nitrogens with zero attached hydrogens (tertiary/aromatic N) is 2. The summed E-state index contributed by atoms with van der Waals surface area (Å²) in [6, 6.07) is 0. The van der Waals surface area contributed by atoms with Crippen LogP contribution in [-0.4, -0.2) is 44.4 Å². The van der Waals surface area contributed by atoms with Gasteiger partial charge in [-0.1, -0.05) is 0 Å². The first-order valence-electron chi connectivity index (χ1n) is 4.81. The molecule has 15 heavy (non-hydrogen) atoms. The molecule has 0 amide bonds. The van der Waals surface area contributed by atoms with Crippen molar-refractivity contribution in [3.8, 4) is 0 Å². The van der Waals surface area contributed by atoms with Crippen LogP contribution in [0.5, 0.6) is 0 Å². The summed E-state index contributed by atoms with van der Waals surface area (Å²) in [5.41, 5.74) is 16.3. The molecule has 8 heteroatoms. The van der Waals surface area contributed by atoms with Crippen molar-refractivity contribution >= 4 is 11.9 Å². The first kappa shape index (κ1) is 11.7. The third kappa shape index (κ3) is 4.11. The van der Waals surface area contributed by atoms with Crippen LogP contribution in [0.3, 0.4) is 0 Å². The lowest BCUT2D eigenvalue weighted by Crippen LogP contribution is -2.62. The van der Waals surface area contributed by atoms with E-state index in [-0.39, 0.29) is 6.29 Å². The first-order valence-corrected chi connectivity index (χ1v) is 4.81. The summed E-state index contributed by atoms with van der Waals surface area (Å²) in [5, 5.41) is 8.99. The van der Waals surface area contributed by atoms with E-state index in [0.717, 1.165) is 0 Å². The Morgan fingerprint density at radius 1 is 1.33 bits per heavy atom. The summed E-state index contributed by atoms with van der Waals surface area (Å²) in [7, 11) is 0. The Bertz CT molecular complexity index is 247. The smallest absolute Gasteiger partial charge is 0.223 e. The van der Waals surface area contributed by atoms with E-state index in [9.17, 15) is 0 Å². The van der Waals surface area contributed by atoms with Gasteiger partial charge in [0, 0.05) is 19.6 Å². The normalized spacial score (nSPS) is 23.2. The molecule has 1 unspecified atom stereocenters. The fourth-order valence-electron chi connectivity index (χ4n) is 1.07. The lowest BCUT2D eigenvalue weighted by molar-refractivity contribution is 0.453. The van der Waals surface area contributed by atoms with Crippen molar-refractivity contribution in [1.29, 1.82) is 0 Å². The monoisotopic (exact) mass is 214 g/mol. The number of aliphatic imine (C=N–C) groups is 2. The molecule has 1 heterocycles.